The van der Waals surface area contributed by atoms with Crippen LogP contribution >= 0.6 is 0 Å². The average Bonchev–Trinajstić information content (AvgIpc) is 2.72. The number of nitrogens with zero attached hydrogens (tertiary/aromatic N) is 2. The van der Waals surface area contributed by atoms with Crippen molar-refractivity contribution in [2.24, 2.45) is 4.99 Å². The highest BCUT2D eigenvalue weighted by atomic mass is 16.5. The van der Waals surface area contributed by atoms with Gasteiger partial charge in [0.05, 0.1) is 13.2 Å². The standard InChI is InChI=1S/C21H35N3O3/c1-22-21(23-13-4-6-18-7-9-19(26-3)10-8-18)24-14-11-20(12-15-24)27-17-5-16-25-2/h7-10,20H,4-6,11-17H2,1-3H3,(H,22,23). The first-order valence-corrected chi connectivity index (χ1v) is 9.96. The molecule has 1 heterocycles. The lowest BCUT2D eigenvalue weighted by Gasteiger charge is -2.34. The molecule has 6 heteroatoms. The Labute approximate surface area is 163 Å². The summed E-state index contributed by atoms with van der Waals surface area (Å²) in [5, 5.41) is 3.50. The van der Waals surface area contributed by atoms with E-state index in [0.29, 0.717) is 6.10 Å². The van der Waals surface area contributed by atoms with Gasteiger partial charge in [0.15, 0.2) is 5.96 Å². The molecular weight excluding hydrogens is 342 g/mol. The largest absolute Gasteiger partial charge is 0.497 e. The number of hydrogen-bond donors (Lipinski definition) is 1. The van der Waals surface area contributed by atoms with Gasteiger partial charge in [-0.1, -0.05) is 12.1 Å². The molecular formula is C21H35N3O3. The summed E-state index contributed by atoms with van der Waals surface area (Å²) in [5.74, 6) is 1.91. The zero-order valence-electron chi connectivity index (χ0n) is 17.1. The number of ether oxygens (including phenoxy) is 3. The number of methoxy groups -OCH3 is 2. The van der Waals surface area contributed by atoms with Crippen LogP contribution in [0.15, 0.2) is 29.3 Å². The molecule has 1 aromatic carbocycles. The average molecular weight is 378 g/mol. The van der Waals surface area contributed by atoms with Crippen molar-refractivity contribution >= 4 is 5.96 Å². The Kier molecular flexibility index (Phi) is 10.0. The van der Waals surface area contributed by atoms with Gasteiger partial charge < -0.3 is 24.4 Å². The van der Waals surface area contributed by atoms with Gasteiger partial charge in [0.25, 0.3) is 0 Å². The highest BCUT2D eigenvalue weighted by Crippen LogP contribution is 2.15. The minimum atomic E-state index is 0.367. The Morgan fingerprint density at radius 2 is 1.85 bits per heavy atom. The first-order chi connectivity index (χ1) is 13.3. The van der Waals surface area contributed by atoms with Gasteiger partial charge in [-0.25, -0.2) is 0 Å². The van der Waals surface area contributed by atoms with Gasteiger partial charge in [0, 0.05) is 47.0 Å². The van der Waals surface area contributed by atoms with Crippen molar-refractivity contribution in [2.45, 2.75) is 38.2 Å². The van der Waals surface area contributed by atoms with E-state index >= 15 is 0 Å². The normalized spacial score (nSPS) is 15.8. The third kappa shape index (κ3) is 7.77. The van der Waals surface area contributed by atoms with Crippen LogP contribution < -0.4 is 10.1 Å². The molecule has 0 aromatic heterocycles. The van der Waals surface area contributed by atoms with Crippen LogP contribution in [0.1, 0.15) is 31.2 Å². The summed E-state index contributed by atoms with van der Waals surface area (Å²) >= 11 is 0. The minimum Gasteiger partial charge on any atom is -0.497 e. The molecule has 1 saturated heterocycles. The summed E-state index contributed by atoms with van der Waals surface area (Å²) in [5.41, 5.74) is 1.33. The maximum Gasteiger partial charge on any atom is 0.193 e. The Bertz CT molecular complexity index is 540. The Morgan fingerprint density at radius 1 is 1.11 bits per heavy atom. The van der Waals surface area contributed by atoms with Gasteiger partial charge in [-0.05, 0) is 49.8 Å². The van der Waals surface area contributed by atoms with Crippen molar-refractivity contribution in [2.75, 3.05) is 54.1 Å². The van der Waals surface area contributed by atoms with Gasteiger partial charge in [-0.3, -0.25) is 4.99 Å². The van der Waals surface area contributed by atoms with Crippen molar-refractivity contribution < 1.29 is 14.2 Å². The second-order valence-electron chi connectivity index (χ2n) is 6.83. The highest BCUT2D eigenvalue weighted by molar-refractivity contribution is 5.79. The molecule has 0 atom stereocenters. The molecule has 152 valence electrons. The van der Waals surface area contributed by atoms with Crippen LogP contribution in [-0.2, 0) is 15.9 Å². The summed E-state index contributed by atoms with van der Waals surface area (Å²) in [7, 11) is 5.29. The number of rotatable bonds is 10. The third-order valence-corrected chi connectivity index (χ3v) is 4.88. The lowest BCUT2D eigenvalue weighted by atomic mass is 10.1. The number of hydrogen-bond acceptors (Lipinski definition) is 4. The second-order valence-corrected chi connectivity index (χ2v) is 6.83. The molecule has 1 aliphatic rings. The maximum atomic E-state index is 5.93. The van der Waals surface area contributed by atoms with E-state index in [1.807, 2.05) is 19.2 Å². The molecule has 0 amide bonds. The van der Waals surface area contributed by atoms with E-state index < -0.39 is 0 Å². The van der Waals surface area contributed by atoms with Crippen LogP contribution in [-0.4, -0.2) is 71.1 Å². The lowest BCUT2D eigenvalue weighted by Crippen LogP contribution is -2.47. The van der Waals surface area contributed by atoms with Crippen molar-refractivity contribution in [3.05, 3.63) is 29.8 Å². The van der Waals surface area contributed by atoms with E-state index in [9.17, 15) is 0 Å². The fraction of sp³-hybridized carbons (Fsp3) is 0.667. The zero-order chi connectivity index (χ0) is 19.3. The van der Waals surface area contributed by atoms with Crippen LogP contribution in [0, 0.1) is 0 Å². The summed E-state index contributed by atoms with van der Waals surface area (Å²) in [6.45, 7) is 4.47. The van der Waals surface area contributed by atoms with E-state index in [2.05, 4.69) is 27.3 Å². The molecule has 2 rings (SSSR count). The molecule has 1 N–H and O–H groups in total. The molecule has 0 saturated carbocycles. The molecule has 0 bridgehead atoms. The van der Waals surface area contributed by atoms with Gasteiger partial charge in [0.2, 0.25) is 0 Å². The Hall–Kier alpha value is -1.79. The highest BCUT2D eigenvalue weighted by Gasteiger charge is 2.21. The summed E-state index contributed by atoms with van der Waals surface area (Å²) in [6.07, 6.45) is 5.56. The molecule has 6 nitrogen and oxygen atoms in total. The van der Waals surface area contributed by atoms with Crippen molar-refractivity contribution in [3.8, 4) is 5.75 Å². The molecule has 1 fully saturated rings. The van der Waals surface area contributed by atoms with E-state index in [4.69, 9.17) is 14.2 Å². The molecule has 27 heavy (non-hydrogen) atoms. The molecule has 0 unspecified atom stereocenters. The molecule has 1 aliphatic heterocycles. The lowest BCUT2D eigenvalue weighted by molar-refractivity contribution is 0.00991. The monoisotopic (exact) mass is 377 g/mol. The fourth-order valence-electron chi connectivity index (χ4n) is 3.30. The zero-order valence-corrected chi connectivity index (χ0v) is 17.1. The summed E-state index contributed by atoms with van der Waals surface area (Å²) < 4.78 is 16.2. The van der Waals surface area contributed by atoms with Crippen molar-refractivity contribution in [1.29, 1.82) is 0 Å². The SMILES string of the molecule is CN=C(NCCCc1ccc(OC)cc1)N1CCC(OCCCOC)CC1. The van der Waals surface area contributed by atoms with Gasteiger partial charge >= 0.3 is 0 Å². The minimum absolute atomic E-state index is 0.367. The summed E-state index contributed by atoms with van der Waals surface area (Å²) in [6, 6.07) is 8.29. The van der Waals surface area contributed by atoms with E-state index in [-0.39, 0.29) is 0 Å². The number of piperidine rings is 1. The van der Waals surface area contributed by atoms with Crippen LogP contribution in [0.4, 0.5) is 0 Å². The van der Waals surface area contributed by atoms with Crippen molar-refractivity contribution in [3.63, 3.8) is 0 Å². The number of aryl methyl sites for hydroxylation is 1. The first kappa shape index (κ1) is 21.5. The van der Waals surface area contributed by atoms with Gasteiger partial charge in [0.1, 0.15) is 5.75 Å². The van der Waals surface area contributed by atoms with Crippen LogP contribution in [0.3, 0.4) is 0 Å². The maximum absolute atomic E-state index is 5.93. The predicted octanol–water partition coefficient (Wildman–Crippen LogP) is 2.72. The predicted molar refractivity (Wildman–Crippen MR) is 110 cm³/mol. The Balaban J connectivity index is 1.62. The second kappa shape index (κ2) is 12.6. The number of guanidine groups is 1. The van der Waals surface area contributed by atoms with E-state index in [1.54, 1.807) is 14.2 Å². The Morgan fingerprint density at radius 3 is 2.48 bits per heavy atom. The number of nitrogens with one attached hydrogen (secondary N) is 1. The van der Waals surface area contributed by atoms with E-state index in [1.165, 1.54) is 5.56 Å². The number of likely N-dealkylation sites (tertiary alicyclic amines) is 1. The fourth-order valence-corrected chi connectivity index (χ4v) is 3.30. The van der Waals surface area contributed by atoms with Crippen LogP contribution in [0.5, 0.6) is 5.75 Å². The topological polar surface area (TPSA) is 55.3 Å². The summed E-state index contributed by atoms with van der Waals surface area (Å²) in [4.78, 5) is 6.78. The smallest absolute Gasteiger partial charge is 0.193 e. The van der Waals surface area contributed by atoms with Gasteiger partial charge in [-0.2, -0.15) is 0 Å². The van der Waals surface area contributed by atoms with Crippen molar-refractivity contribution in [1.82, 2.24) is 10.2 Å². The van der Waals surface area contributed by atoms with Crippen LogP contribution in [0.25, 0.3) is 0 Å². The third-order valence-electron chi connectivity index (χ3n) is 4.88. The van der Waals surface area contributed by atoms with E-state index in [0.717, 1.165) is 76.7 Å². The first-order valence-electron chi connectivity index (χ1n) is 9.96. The quantitative estimate of drug-likeness (QED) is 0.386. The number of benzene rings is 1. The number of aliphatic imine (C=N–C) groups is 1. The van der Waals surface area contributed by atoms with Gasteiger partial charge in [-0.15, -0.1) is 0 Å². The molecule has 0 radical (unpaired) electrons. The van der Waals surface area contributed by atoms with Crippen LogP contribution in [0.2, 0.25) is 0 Å². The molecule has 0 spiro atoms. The molecule has 0 aliphatic carbocycles. The molecule has 1 aromatic rings.